The van der Waals surface area contributed by atoms with E-state index in [-0.39, 0.29) is 24.7 Å². The number of phenols is 1. The molecule has 3 aromatic carbocycles. The molecule has 0 fully saturated rings. The number of hydrogen-bond acceptors (Lipinski definition) is 3. The molecule has 4 heteroatoms. The molecule has 0 saturated heterocycles. The fourth-order valence-corrected chi connectivity index (χ4v) is 2.80. The lowest BCUT2D eigenvalue weighted by molar-refractivity contribution is -0.117. The molecule has 25 heavy (non-hydrogen) atoms. The Morgan fingerprint density at radius 1 is 0.800 bits per heavy atom. The van der Waals surface area contributed by atoms with Crippen LogP contribution in [-0.2, 0) is 17.8 Å². The molecular formula is C21H19NO3. The summed E-state index contributed by atoms with van der Waals surface area (Å²) in [7, 11) is 0. The molecule has 0 unspecified atom stereocenters. The normalized spacial score (nSPS) is 10.4. The molecule has 2 N–H and O–H groups in total. The summed E-state index contributed by atoms with van der Waals surface area (Å²) in [6, 6.07) is 23.7. The second-order valence-electron chi connectivity index (χ2n) is 5.65. The molecule has 0 saturated carbocycles. The lowest BCUT2D eigenvalue weighted by Gasteiger charge is -2.23. The number of nitrogens with zero attached hydrogens (tertiary/aromatic N) is 1. The maximum atomic E-state index is 13.1. The van der Waals surface area contributed by atoms with Gasteiger partial charge in [0.05, 0.1) is 13.0 Å². The topological polar surface area (TPSA) is 60.8 Å². The van der Waals surface area contributed by atoms with Crippen molar-refractivity contribution in [2.45, 2.75) is 13.0 Å². The molecule has 1 amide bonds. The number of hydrogen-bond donors (Lipinski definition) is 2. The van der Waals surface area contributed by atoms with Gasteiger partial charge in [-0.05, 0) is 35.9 Å². The van der Waals surface area contributed by atoms with Crippen molar-refractivity contribution in [1.29, 1.82) is 0 Å². The first-order valence-corrected chi connectivity index (χ1v) is 8.04. The van der Waals surface area contributed by atoms with Crippen LogP contribution in [0.25, 0.3) is 0 Å². The van der Waals surface area contributed by atoms with E-state index >= 15 is 0 Å². The smallest absolute Gasteiger partial charge is 0.235 e. The Morgan fingerprint density at radius 2 is 1.36 bits per heavy atom. The predicted octanol–water partition coefficient (Wildman–Crippen LogP) is 3.79. The molecule has 4 nitrogen and oxygen atoms in total. The van der Waals surface area contributed by atoms with Crippen LogP contribution in [0.1, 0.15) is 11.1 Å². The van der Waals surface area contributed by atoms with Crippen molar-refractivity contribution in [2.24, 2.45) is 0 Å². The maximum Gasteiger partial charge on any atom is 0.235 e. The molecule has 0 atom stereocenters. The average molecular weight is 333 g/mol. The van der Waals surface area contributed by atoms with Gasteiger partial charge in [-0.3, -0.25) is 9.69 Å². The Kier molecular flexibility index (Phi) is 5.11. The minimum absolute atomic E-state index is 0.00114. The Morgan fingerprint density at radius 3 is 1.88 bits per heavy atom. The van der Waals surface area contributed by atoms with Crippen molar-refractivity contribution in [3.8, 4) is 5.75 Å². The number of amides is 1. The number of benzene rings is 3. The van der Waals surface area contributed by atoms with E-state index in [1.54, 1.807) is 17.0 Å². The molecule has 3 rings (SSSR count). The van der Waals surface area contributed by atoms with E-state index < -0.39 is 0 Å². The summed E-state index contributed by atoms with van der Waals surface area (Å²) in [6.45, 7) is -0.314. The van der Waals surface area contributed by atoms with E-state index in [1.807, 2.05) is 60.7 Å². The lowest BCUT2D eigenvalue weighted by Crippen LogP contribution is -2.27. The van der Waals surface area contributed by atoms with Crippen LogP contribution < -0.4 is 4.90 Å². The van der Waals surface area contributed by atoms with Crippen molar-refractivity contribution < 1.29 is 15.0 Å². The van der Waals surface area contributed by atoms with Crippen LogP contribution >= 0.6 is 0 Å². The SMILES string of the molecule is O=C(Cc1cccc(O)c1CO)N(c1ccccc1)c1ccccc1. The molecule has 0 heterocycles. The highest BCUT2D eigenvalue weighted by Gasteiger charge is 2.20. The summed E-state index contributed by atoms with van der Waals surface area (Å²) >= 11 is 0. The quantitative estimate of drug-likeness (QED) is 0.747. The van der Waals surface area contributed by atoms with Crippen molar-refractivity contribution in [3.05, 3.63) is 90.0 Å². The van der Waals surface area contributed by atoms with Gasteiger partial charge < -0.3 is 10.2 Å². The van der Waals surface area contributed by atoms with Crippen LogP contribution in [0.3, 0.4) is 0 Å². The molecule has 0 spiro atoms. The van der Waals surface area contributed by atoms with Gasteiger partial charge in [0.25, 0.3) is 0 Å². The number of carbonyl (C=O) groups excluding carboxylic acids is 1. The first-order valence-electron chi connectivity index (χ1n) is 8.04. The monoisotopic (exact) mass is 333 g/mol. The summed E-state index contributed by atoms with van der Waals surface area (Å²) in [5.74, 6) is -0.142. The van der Waals surface area contributed by atoms with E-state index in [0.29, 0.717) is 11.1 Å². The Balaban J connectivity index is 1.97. The number of para-hydroxylation sites is 2. The summed E-state index contributed by atoms with van der Waals surface area (Å²) < 4.78 is 0. The van der Waals surface area contributed by atoms with Crippen molar-refractivity contribution in [3.63, 3.8) is 0 Å². The Hall–Kier alpha value is -3.11. The Labute approximate surface area is 146 Å². The summed E-state index contributed by atoms with van der Waals surface area (Å²) in [4.78, 5) is 14.7. The van der Waals surface area contributed by atoms with Gasteiger partial charge in [0, 0.05) is 16.9 Å². The second kappa shape index (κ2) is 7.64. The first-order chi connectivity index (χ1) is 12.2. The fourth-order valence-electron chi connectivity index (χ4n) is 2.80. The number of aliphatic hydroxyl groups excluding tert-OH is 1. The minimum Gasteiger partial charge on any atom is -0.508 e. The van der Waals surface area contributed by atoms with Gasteiger partial charge in [0.2, 0.25) is 5.91 Å². The molecule has 0 aromatic heterocycles. The molecule has 0 aliphatic heterocycles. The van der Waals surface area contributed by atoms with Gasteiger partial charge in [-0.25, -0.2) is 0 Å². The zero-order valence-corrected chi connectivity index (χ0v) is 13.7. The third kappa shape index (κ3) is 3.70. The Bertz CT molecular complexity index is 808. The molecule has 0 radical (unpaired) electrons. The van der Waals surface area contributed by atoms with Gasteiger partial charge in [0.1, 0.15) is 5.75 Å². The van der Waals surface area contributed by atoms with Crippen LogP contribution in [0.15, 0.2) is 78.9 Å². The van der Waals surface area contributed by atoms with Crippen LogP contribution in [0.4, 0.5) is 11.4 Å². The van der Waals surface area contributed by atoms with Crippen molar-refractivity contribution >= 4 is 17.3 Å². The molecule has 0 aliphatic carbocycles. The molecule has 0 bridgehead atoms. The van der Waals surface area contributed by atoms with Gasteiger partial charge in [-0.15, -0.1) is 0 Å². The molecule has 126 valence electrons. The van der Waals surface area contributed by atoms with E-state index in [0.717, 1.165) is 11.4 Å². The fraction of sp³-hybridized carbons (Fsp3) is 0.0952. The van der Waals surface area contributed by atoms with E-state index in [2.05, 4.69) is 0 Å². The van der Waals surface area contributed by atoms with Crippen molar-refractivity contribution in [2.75, 3.05) is 4.90 Å². The molecular weight excluding hydrogens is 314 g/mol. The predicted molar refractivity (Wildman–Crippen MR) is 97.8 cm³/mol. The van der Waals surface area contributed by atoms with Crippen LogP contribution in [-0.4, -0.2) is 16.1 Å². The largest absolute Gasteiger partial charge is 0.508 e. The van der Waals surface area contributed by atoms with Gasteiger partial charge in [-0.2, -0.15) is 0 Å². The zero-order chi connectivity index (χ0) is 17.6. The molecule has 3 aromatic rings. The molecule has 0 aliphatic rings. The van der Waals surface area contributed by atoms with E-state index in [1.165, 1.54) is 6.07 Å². The van der Waals surface area contributed by atoms with Crippen LogP contribution in [0.2, 0.25) is 0 Å². The number of anilines is 2. The first kappa shape index (κ1) is 16.7. The lowest BCUT2D eigenvalue weighted by atomic mass is 10.0. The highest BCUT2D eigenvalue weighted by Crippen LogP contribution is 2.28. The summed E-state index contributed by atoms with van der Waals surface area (Å²) in [5, 5.41) is 19.4. The van der Waals surface area contributed by atoms with Gasteiger partial charge in [0.15, 0.2) is 0 Å². The highest BCUT2D eigenvalue weighted by atomic mass is 16.3. The summed E-state index contributed by atoms with van der Waals surface area (Å²) in [6.07, 6.45) is 0.0775. The van der Waals surface area contributed by atoms with Crippen LogP contribution in [0.5, 0.6) is 5.75 Å². The average Bonchev–Trinajstić information content (AvgIpc) is 2.64. The number of rotatable bonds is 5. The third-order valence-electron chi connectivity index (χ3n) is 4.03. The minimum atomic E-state index is -0.314. The van der Waals surface area contributed by atoms with Crippen molar-refractivity contribution in [1.82, 2.24) is 0 Å². The van der Waals surface area contributed by atoms with Gasteiger partial charge in [-0.1, -0.05) is 48.5 Å². The zero-order valence-electron chi connectivity index (χ0n) is 13.7. The van der Waals surface area contributed by atoms with Crippen LogP contribution in [0, 0.1) is 0 Å². The number of carbonyl (C=O) groups is 1. The van der Waals surface area contributed by atoms with E-state index in [4.69, 9.17) is 0 Å². The van der Waals surface area contributed by atoms with Gasteiger partial charge >= 0.3 is 0 Å². The van der Waals surface area contributed by atoms with E-state index in [9.17, 15) is 15.0 Å². The standard InChI is InChI=1S/C21H19NO3/c23-15-19-16(8-7-13-20(19)24)14-21(25)22(17-9-3-1-4-10-17)18-11-5-2-6-12-18/h1-13,23-24H,14-15H2. The summed E-state index contributed by atoms with van der Waals surface area (Å²) in [5.41, 5.74) is 2.54. The third-order valence-corrected chi connectivity index (χ3v) is 4.03. The number of aliphatic hydroxyl groups is 1. The maximum absolute atomic E-state index is 13.1. The second-order valence-corrected chi connectivity index (χ2v) is 5.65. The highest BCUT2D eigenvalue weighted by molar-refractivity contribution is 6.01. The number of aromatic hydroxyl groups is 1.